The largest absolute Gasteiger partial charge is 0.480 e. The summed E-state index contributed by atoms with van der Waals surface area (Å²) in [5, 5.41) is 33.5. The van der Waals surface area contributed by atoms with E-state index < -0.39 is 138 Å². The van der Waals surface area contributed by atoms with Crippen LogP contribution in [0.2, 0.25) is 10.0 Å². The Morgan fingerprint density at radius 1 is 0.450 bits per heavy atom. The molecular formula is C108H157Cl2N9O21. The summed E-state index contributed by atoms with van der Waals surface area (Å²) >= 11 is 12.2. The summed E-state index contributed by atoms with van der Waals surface area (Å²) < 4.78 is 22.5. The van der Waals surface area contributed by atoms with Crippen molar-refractivity contribution >= 4 is 112 Å². The fourth-order valence-corrected chi connectivity index (χ4v) is 15.8. The number of carboxylic acid groups (broad SMARTS) is 1. The van der Waals surface area contributed by atoms with Gasteiger partial charge in [-0.3, -0.25) is 57.5 Å². The fourth-order valence-electron chi connectivity index (χ4n) is 15.6. The molecule has 0 radical (unpaired) electrons. The lowest BCUT2D eigenvalue weighted by Gasteiger charge is -2.33. The molecule has 0 bridgehead atoms. The fraction of sp³-hybridized carbons (Fsp3) is 0.565. The third-order valence-electron chi connectivity index (χ3n) is 25.8. The van der Waals surface area contributed by atoms with E-state index in [1.54, 1.807) is 88.4 Å². The Labute approximate surface area is 839 Å². The third-order valence-corrected chi connectivity index (χ3v) is 26.3. The number of rotatable bonds is 50. The first kappa shape index (κ1) is 123. The minimum atomic E-state index is -1.21. The molecule has 0 aliphatic heterocycles. The van der Waals surface area contributed by atoms with Crippen molar-refractivity contribution in [2.75, 3.05) is 47.9 Å². The van der Waals surface area contributed by atoms with Crippen molar-refractivity contribution in [2.24, 2.45) is 53.3 Å². The molecule has 0 spiro atoms. The van der Waals surface area contributed by atoms with Gasteiger partial charge in [0.05, 0.1) is 37.2 Å². The van der Waals surface area contributed by atoms with E-state index in [9.17, 15) is 77.0 Å². The van der Waals surface area contributed by atoms with E-state index in [0.717, 1.165) is 33.4 Å². The van der Waals surface area contributed by atoms with Crippen molar-refractivity contribution in [3.8, 4) is 11.1 Å². The number of halogens is 2. The smallest absolute Gasteiger partial charge is 0.407 e. The van der Waals surface area contributed by atoms with Gasteiger partial charge in [-0.15, -0.1) is 0 Å². The summed E-state index contributed by atoms with van der Waals surface area (Å²) in [6.45, 7) is 44.1. The lowest BCUT2D eigenvalue weighted by Crippen LogP contribution is -2.56. The molecule has 7 N–H and O–H groups in total. The number of ketones is 2. The summed E-state index contributed by atoms with van der Waals surface area (Å²) in [6.07, 6.45) is 6.05. The highest BCUT2D eigenvalue weighted by Crippen LogP contribution is 2.45. The number of fused-ring (bicyclic) bond motifs is 3. The van der Waals surface area contributed by atoms with Crippen LogP contribution in [-0.4, -0.2) is 233 Å². The number of likely N-dealkylation sites (N-methyl/N-ethyl adjacent to an activating group) is 4. The van der Waals surface area contributed by atoms with Gasteiger partial charge in [0.15, 0.2) is 23.8 Å². The van der Waals surface area contributed by atoms with Gasteiger partial charge in [-0.2, -0.15) is 0 Å². The minimum absolute atomic E-state index is 0.0160. The van der Waals surface area contributed by atoms with E-state index in [1.165, 1.54) is 82.4 Å². The molecule has 32 heteroatoms. The first-order valence-corrected chi connectivity index (χ1v) is 49.2. The van der Waals surface area contributed by atoms with Crippen molar-refractivity contribution in [3.05, 3.63) is 176 Å². The molecule has 0 saturated carbocycles. The zero-order chi connectivity index (χ0) is 106. The van der Waals surface area contributed by atoms with E-state index in [2.05, 4.69) is 38.7 Å². The number of carbonyl (C=O) groups excluding carboxylic acids is 14. The molecule has 5 rings (SSSR count). The quantitative estimate of drug-likeness (QED) is 0.00934. The number of benzene rings is 4. The zero-order valence-electron chi connectivity index (χ0n) is 87.6. The number of carbonyl (C=O) groups is 15. The predicted octanol–water partition coefficient (Wildman–Crippen LogP) is 15.6. The maximum absolute atomic E-state index is 14.0. The topological polar surface area (TPSA) is 407 Å². The Morgan fingerprint density at radius 2 is 0.814 bits per heavy atom. The first-order valence-electron chi connectivity index (χ1n) is 48.5. The number of nitrogens with one attached hydrogen (secondary N) is 5. The predicted molar refractivity (Wildman–Crippen MR) is 545 cm³/mol. The number of aliphatic carboxylic acids is 1. The van der Waals surface area contributed by atoms with Crippen LogP contribution in [0.4, 0.5) is 4.79 Å². The second kappa shape index (κ2) is 60.0. The number of nitrogens with zero attached hydrogens (tertiary/aromatic N) is 4. The SMILES string of the molecule is C/C=C(\C)[C@@H](O)[C@@H](C)[C@@H](C)C/C=C(\C)C(=O)O[C@H](CC(C)C)C(=O)N[C@@H](C)C(=O)N(C)[C@H](Cc1ccc(Cl)cc1)C(=O)N(C)CC(=O)N[C@H](C(C)=O)C(C)CC.C/C=C(\C)[C@@H](OC(=O)C(C)C)[C@@H](C)[C@@H](C)C/C=C(\C)C(=O)O[C@H](CC(C)C)C(=O)N[C@@H](C)C(=O)N(C)[C@H](Cc1ccc(Cl)cc1)C(=O)N(C)CC(=O)N[C@H](C(C)=O)C(C)CC.C[C@@H](NC(=O)OCC1c2ccccc2-c2ccccc21)C(=O)O. The molecule has 1 aliphatic rings. The van der Waals surface area contributed by atoms with Crippen molar-refractivity contribution in [1.82, 2.24) is 46.2 Å². The van der Waals surface area contributed by atoms with Crippen LogP contribution in [0.5, 0.6) is 0 Å². The molecule has 774 valence electrons. The molecule has 9 amide bonds. The van der Waals surface area contributed by atoms with Gasteiger partial charge in [-0.05, 0) is 218 Å². The van der Waals surface area contributed by atoms with Crippen molar-refractivity contribution in [3.63, 3.8) is 0 Å². The van der Waals surface area contributed by atoms with E-state index in [4.69, 9.17) is 47.3 Å². The van der Waals surface area contributed by atoms with Crippen LogP contribution in [0.1, 0.15) is 240 Å². The second-order valence-electron chi connectivity index (χ2n) is 38.5. The summed E-state index contributed by atoms with van der Waals surface area (Å²) in [5.41, 5.74) is 8.38. The monoisotopic (exact) mass is 1990 g/mol. The molecule has 140 heavy (non-hydrogen) atoms. The molecule has 4 aromatic rings. The number of alkyl carbamates (subject to hydrolysis) is 1. The van der Waals surface area contributed by atoms with Gasteiger partial charge in [0, 0.05) is 68.1 Å². The Bertz CT molecular complexity index is 4930. The maximum atomic E-state index is 14.0. The highest BCUT2D eigenvalue weighted by atomic mass is 35.5. The Hall–Kier alpha value is -11.4. The van der Waals surface area contributed by atoms with Crippen LogP contribution in [0.15, 0.2) is 144 Å². The number of Topliss-reactive ketones (excluding diaryl/α,β-unsaturated/α-hetero) is 2. The summed E-state index contributed by atoms with van der Waals surface area (Å²) in [6, 6.07) is 22.9. The van der Waals surface area contributed by atoms with E-state index in [0.29, 0.717) is 58.0 Å². The molecule has 0 aromatic heterocycles. The number of hydrogen-bond acceptors (Lipinski definition) is 20. The summed E-state index contributed by atoms with van der Waals surface area (Å²) in [7, 11) is 5.79. The van der Waals surface area contributed by atoms with Crippen LogP contribution in [-0.2, 0) is 98.9 Å². The summed E-state index contributed by atoms with van der Waals surface area (Å²) in [4.78, 5) is 200. The molecule has 0 heterocycles. The highest BCUT2D eigenvalue weighted by Gasteiger charge is 2.40. The molecule has 0 fully saturated rings. The maximum Gasteiger partial charge on any atom is 0.407 e. The number of hydrogen-bond donors (Lipinski definition) is 7. The van der Waals surface area contributed by atoms with Crippen LogP contribution in [0.25, 0.3) is 11.1 Å². The third kappa shape index (κ3) is 39.3. The zero-order valence-corrected chi connectivity index (χ0v) is 89.2. The first-order chi connectivity index (χ1) is 65.5. The lowest BCUT2D eigenvalue weighted by atomic mass is 9.84. The molecule has 30 nitrogen and oxygen atoms in total. The Kier molecular flexibility index (Phi) is 52.7. The minimum Gasteiger partial charge on any atom is -0.480 e. The van der Waals surface area contributed by atoms with Crippen LogP contribution < -0.4 is 26.6 Å². The van der Waals surface area contributed by atoms with Gasteiger partial charge in [0.25, 0.3) is 11.8 Å². The average Bonchev–Trinajstić information content (AvgIpc) is 1.61. The highest BCUT2D eigenvalue weighted by molar-refractivity contribution is 6.30. The van der Waals surface area contributed by atoms with Crippen LogP contribution >= 0.6 is 23.2 Å². The summed E-state index contributed by atoms with van der Waals surface area (Å²) in [5.74, 6) is -8.33. The molecule has 0 saturated heterocycles. The van der Waals surface area contributed by atoms with Gasteiger partial charge in [-0.1, -0.05) is 230 Å². The molecule has 4 aromatic carbocycles. The van der Waals surface area contributed by atoms with Gasteiger partial charge < -0.3 is 75.3 Å². The number of allylic oxidation sites excluding steroid dienone is 4. The molecule has 2 unspecified atom stereocenters. The second-order valence-corrected chi connectivity index (χ2v) is 39.4. The van der Waals surface area contributed by atoms with Crippen molar-refractivity contribution < 1.29 is 101 Å². The van der Waals surface area contributed by atoms with Crippen LogP contribution in [0.3, 0.4) is 0 Å². The number of aliphatic hydroxyl groups excluding tert-OH is 1. The lowest BCUT2D eigenvalue weighted by molar-refractivity contribution is -0.154. The van der Waals surface area contributed by atoms with Crippen molar-refractivity contribution in [2.45, 2.75) is 297 Å². The van der Waals surface area contributed by atoms with E-state index in [1.807, 2.05) is 159 Å². The number of carboxylic acids is 1. The van der Waals surface area contributed by atoms with Gasteiger partial charge in [-0.25, -0.2) is 14.4 Å². The van der Waals surface area contributed by atoms with Gasteiger partial charge >= 0.3 is 30.0 Å². The van der Waals surface area contributed by atoms with Gasteiger partial charge in [0.1, 0.15) is 42.9 Å². The van der Waals surface area contributed by atoms with Gasteiger partial charge in [0.2, 0.25) is 35.4 Å². The Balaban J connectivity index is 0.000000587. The van der Waals surface area contributed by atoms with Crippen molar-refractivity contribution in [1.29, 1.82) is 0 Å². The normalized spacial score (nSPS) is 15.8. The van der Waals surface area contributed by atoms with Crippen LogP contribution in [0, 0.1) is 53.3 Å². The standard InChI is InChI=1S/C47H73ClN4O9.C43H67ClN4O8.C18H17NO4/c1-16-29(7)41(35(13)53)50-40(54)26-51(14)45(57)38(25-36-20-22-37(48)23-21-36)52(15)44(56)34(12)49-43(55)39(24-27(3)4)60-47(59)32(10)19-18-31(9)33(11)42(30(8)17-2)61-46(58)28(5)6;1-14-26(5)38(32(11)49)46-37(50)24-47(12)42(54)35(23-33-18-20-34(44)21-19-33)48(13)41(53)31(10)45-40(52)36(22-25(3)4)56-43(55)29(8)17-16-28(7)30(9)39(51)27(6)15-2;1-11(17(20)21)19-18(22)23-10-16-14-8-4-2-6-12(14)13-7-3-5-9-15(13)16/h17,19-23,27-29,31,33-34,38-39,41-42H,16,18,24-26H2,1-15H3,(H,49,55)(H,50,54);15,17-21,25-26,28,30-31,35-36,38-39,51H,14,16,22-24H2,1-13H3,(H,45,52)(H,46,50);2-9,11,16H,10H2,1H3,(H,19,22)(H,20,21)/b30-17+,32-19+;27-15+,29-17+;/t29?,31-,33-,34-,38+,39+,41-,42+;26?,28-,30-,31-,35+,36+,38-,39+;11-/m001/s1. The molecule has 17 atom stereocenters. The molecule has 1 aliphatic carbocycles. The molecular weight excluding hydrogens is 1830 g/mol. The van der Waals surface area contributed by atoms with E-state index in [-0.39, 0.29) is 122 Å². The number of amides is 9. The van der Waals surface area contributed by atoms with E-state index >= 15 is 0 Å². The number of ether oxygens (including phenoxy) is 4. The Morgan fingerprint density at radius 3 is 1.15 bits per heavy atom. The number of esters is 3. The number of aliphatic hydroxyl groups is 1. The average molecular weight is 1990 g/mol.